The highest BCUT2D eigenvalue weighted by atomic mass is 16.5. The number of hydrogen-bond acceptors (Lipinski definition) is 3. The van der Waals surface area contributed by atoms with E-state index in [9.17, 15) is 4.79 Å². The van der Waals surface area contributed by atoms with Crippen molar-refractivity contribution in [2.45, 2.75) is 18.8 Å². The standard InChI is InChI=1S/C18H16N2O2/c1-22-18(21)15-5-4-14-9-16(7-6-13(14)8-15)20-10-17(19-11-20)12-2-3-12/h4-12H,2-3H2,1H3. The molecule has 1 aliphatic rings. The Morgan fingerprint density at radius 2 is 1.95 bits per heavy atom. The zero-order valence-corrected chi connectivity index (χ0v) is 12.3. The molecular weight excluding hydrogens is 276 g/mol. The van der Waals surface area contributed by atoms with Crippen LogP contribution in [0.5, 0.6) is 0 Å². The maximum atomic E-state index is 11.6. The third kappa shape index (κ3) is 2.26. The van der Waals surface area contributed by atoms with Crippen molar-refractivity contribution in [3.63, 3.8) is 0 Å². The molecule has 2 aromatic carbocycles. The number of imidazole rings is 1. The number of aromatic nitrogens is 2. The van der Waals surface area contributed by atoms with Gasteiger partial charge in [0.25, 0.3) is 0 Å². The van der Waals surface area contributed by atoms with Crippen molar-refractivity contribution >= 4 is 16.7 Å². The van der Waals surface area contributed by atoms with Gasteiger partial charge in [0.2, 0.25) is 0 Å². The number of carbonyl (C=O) groups excluding carboxylic acids is 1. The van der Waals surface area contributed by atoms with E-state index in [4.69, 9.17) is 4.74 Å². The zero-order chi connectivity index (χ0) is 15.1. The largest absolute Gasteiger partial charge is 0.465 e. The lowest BCUT2D eigenvalue weighted by molar-refractivity contribution is 0.0601. The predicted molar refractivity (Wildman–Crippen MR) is 84.4 cm³/mol. The summed E-state index contributed by atoms with van der Waals surface area (Å²) in [6.07, 6.45) is 6.50. The Balaban J connectivity index is 1.71. The summed E-state index contributed by atoms with van der Waals surface area (Å²) >= 11 is 0. The number of methoxy groups -OCH3 is 1. The van der Waals surface area contributed by atoms with Crippen molar-refractivity contribution < 1.29 is 9.53 Å². The van der Waals surface area contributed by atoms with Crippen molar-refractivity contribution in [1.82, 2.24) is 9.55 Å². The minimum absolute atomic E-state index is 0.310. The first-order valence-corrected chi connectivity index (χ1v) is 7.41. The molecule has 1 saturated carbocycles. The highest BCUT2D eigenvalue weighted by molar-refractivity contribution is 5.95. The van der Waals surface area contributed by atoms with Crippen LogP contribution in [0.15, 0.2) is 48.9 Å². The van der Waals surface area contributed by atoms with Gasteiger partial charge in [0.15, 0.2) is 0 Å². The first-order valence-electron chi connectivity index (χ1n) is 7.41. The average Bonchev–Trinajstić information content (AvgIpc) is 3.30. The lowest BCUT2D eigenvalue weighted by Crippen LogP contribution is -2.00. The Morgan fingerprint density at radius 1 is 1.18 bits per heavy atom. The van der Waals surface area contributed by atoms with E-state index in [2.05, 4.69) is 21.8 Å². The van der Waals surface area contributed by atoms with Crippen LogP contribution in [0.2, 0.25) is 0 Å². The van der Waals surface area contributed by atoms with Gasteiger partial charge in [0.05, 0.1) is 24.7 Å². The van der Waals surface area contributed by atoms with Crippen LogP contribution in [0.4, 0.5) is 0 Å². The van der Waals surface area contributed by atoms with Gasteiger partial charge in [0.1, 0.15) is 0 Å². The van der Waals surface area contributed by atoms with Crippen LogP contribution >= 0.6 is 0 Å². The fraction of sp³-hybridized carbons (Fsp3) is 0.222. The lowest BCUT2D eigenvalue weighted by atomic mass is 10.1. The molecule has 0 radical (unpaired) electrons. The van der Waals surface area contributed by atoms with E-state index >= 15 is 0 Å². The minimum Gasteiger partial charge on any atom is -0.465 e. The fourth-order valence-corrected chi connectivity index (χ4v) is 2.71. The number of fused-ring (bicyclic) bond motifs is 1. The van der Waals surface area contributed by atoms with E-state index in [1.165, 1.54) is 25.6 Å². The molecule has 1 fully saturated rings. The van der Waals surface area contributed by atoms with Crippen LogP contribution in [-0.2, 0) is 4.74 Å². The lowest BCUT2D eigenvalue weighted by Gasteiger charge is -2.06. The van der Waals surface area contributed by atoms with E-state index in [-0.39, 0.29) is 5.97 Å². The van der Waals surface area contributed by atoms with Gasteiger partial charge in [-0.2, -0.15) is 0 Å². The van der Waals surface area contributed by atoms with Crippen molar-refractivity contribution in [1.29, 1.82) is 0 Å². The summed E-state index contributed by atoms with van der Waals surface area (Å²) < 4.78 is 6.81. The van der Waals surface area contributed by atoms with Crippen molar-refractivity contribution in [2.75, 3.05) is 7.11 Å². The molecular formula is C18H16N2O2. The molecule has 0 saturated heterocycles. The molecule has 22 heavy (non-hydrogen) atoms. The topological polar surface area (TPSA) is 44.1 Å². The first kappa shape index (κ1) is 13.1. The highest BCUT2D eigenvalue weighted by Crippen LogP contribution is 2.39. The molecule has 0 aliphatic heterocycles. The summed E-state index contributed by atoms with van der Waals surface area (Å²) in [7, 11) is 1.39. The second-order valence-electron chi connectivity index (χ2n) is 5.72. The number of ether oxygens (including phenoxy) is 1. The van der Waals surface area contributed by atoms with E-state index in [1.807, 2.05) is 30.6 Å². The van der Waals surface area contributed by atoms with Gasteiger partial charge >= 0.3 is 5.97 Å². The third-order valence-corrected chi connectivity index (χ3v) is 4.14. The summed E-state index contributed by atoms with van der Waals surface area (Å²) in [5, 5.41) is 2.11. The summed E-state index contributed by atoms with van der Waals surface area (Å²) in [5.41, 5.74) is 2.83. The van der Waals surface area contributed by atoms with Crippen LogP contribution in [-0.4, -0.2) is 22.6 Å². The molecule has 0 atom stereocenters. The molecule has 0 spiro atoms. The maximum Gasteiger partial charge on any atom is 0.337 e. The second-order valence-corrected chi connectivity index (χ2v) is 5.72. The normalized spacial score (nSPS) is 14.2. The molecule has 4 nitrogen and oxygen atoms in total. The quantitative estimate of drug-likeness (QED) is 0.691. The molecule has 4 heteroatoms. The number of rotatable bonds is 3. The van der Waals surface area contributed by atoms with Crippen molar-refractivity contribution in [2.24, 2.45) is 0 Å². The second kappa shape index (κ2) is 4.98. The summed E-state index contributed by atoms with van der Waals surface area (Å²) in [6, 6.07) is 11.8. The third-order valence-electron chi connectivity index (χ3n) is 4.14. The molecule has 0 amide bonds. The van der Waals surface area contributed by atoms with Gasteiger partial charge < -0.3 is 9.30 Å². The molecule has 0 bridgehead atoms. The Hall–Kier alpha value is -2.62. The Bertz CT molecular complexity index is 862. The first-order chi connectivity index (χ1) is 10.7. The summed E-state index contributed by atoms with van der Waals surface area (Å²) in [4.78, 5) is 16.1. The van der Waals surface area contributed by atoms with Crippen LogP contribution in [0, 0.1) is 0 Å². The molecule has 4 rings (SSSR count). The smallest absolute Gasteiger partial charge is 0.337 e. The molecule has 3 aromatic rings. The predicted octanol–water partition coefficient (Wildman–Crippen LogP) is 3.69. The number of hydrogen-bond donors (Lipinski definition) is 0. The van der Waals surface area contributed by atoms with Gasteiger partial charge in [-0.15, -0.1) is 0 Å². The highest BCUT2D eigenvalue weighted by Gasteiger charge is 2.25. The van der Waals surface area contributed by atoms with E-state index in [0.717, 1.165) is 16.5 Å². The van der Waals surface area contributed by atoms with Crippen LogP contribution in [0.3, 0.4) is 0 Å². The Labute approximate surface area is 128 Å². The van der Waals surface area contributed by atoms with E-state index in [1.54, 1.807) is 6.07 Å². The number of nitrogens with zero attached hydrogens (tertiary/aromatic N) is 2. The minimum atomic E-state index is -0.310. The summed E-state index contributed by atoms with van der Waals surface area (Å²) in [5.74, 6) is 0.346. The average molecular weight is 292 g/mol. The molecule has 1 heterocycles. The Morgan fingerprint density at radius 3 is 2.73 bits per heavy atom. The van der Waals surface area contributed by atoms with Crippen molar-refractivity contribution in [3.8, 4) is 5.69 Å². The number of esters is 1. The van der Waals surface area contributed by atoms with E-state index in [0.29, 0.717) is 11.5 Å². The molecule has 0 N–H and O–H groups in total. The van der Waals surface area contributed by atoms with Crippen LogP contribution < -0.4 is 0 Å². The maximum absolute atomic E-state index is 11.6. The molecule has 1 aromatic heterocycles. The van der Waals surface area contributed by atoms with Gasteiger partial charge in [-0.1, -0.05) is 12.1 Å². The van der Waals surface area contributed by atoms with Gasteiger partial charge in [-0.25, -0.2) is 9.78 Å². The Kier molecular flexibility index (Phi) is 2.96. The van der Waals surface area contributed by atoms with Gasteiger partial charge in [0, 0.05) is 17.8 Å². The SMILES string of the molecule is COC(=O)c1ccc2cc(-n3cnc(C4CC4)c3)ccc2c1. The van der Waals surface area contributed by atoms with Crippen LogP contribution in [0.1, 0.15) is 34.8 Å². The monoisotopic (exact) mass is 292 g/mol. The number of carbonyl (C=O) groups is 1. The van der Waals surface area contributed by atoms with Crippen molar-refractivity contribution in [3.05, 3.63) is 60.2 Å². The number of benzene rings is 2. The molecule has 110 valence electrons. The summed E-state index contributed by atoms with van der Waals surface area (Å²) in [6.45, 7) is 0. The van der Waals surface area contributed by atoms with Gasteiger partial charge in [-0.3, -0.25) is 0 Å². The molecule has 0 unspecified atom stereocenters. The zero-order valence-electron chi connectivity index (χ0n) is 12.3. The molecule has 1 aliphatic carbocycles. The van der Waals surface area contributed by atoms with Gasteiger partial charge in [-0.05, 0) is 47.9 Å². The fourth-order valence-electron chi connectivity index (χ4n) is 2.71. The van der Waals surface area contributed by atoms with E-state index < -0.39 is 0 Å². The van der Waals surface area contributed by atoms with Crippen LogP contribution in [0.25, 0.3) is 16.5 Å².